The van der Waals surface area contributed by atoms with Crippen LogP contribution in [-0.2, 0) is 21.5 Å². The summed E-state index contributed by atoms with van der Waals surface area (Å²) in [5.74, 6) is 0.0912. The zero-order valence-electron chi connectivity index (χ0n) is 20.1. The Hall–Kier alpha value is -2.05. The van der Waals surface area contributed by atoms with E-state index in [2.05, 4.69) is 48.9 Å². The van der Waals surface area contributed by atoms with E-state index >= 15 is 0 Å². The molecule has 0 saturated heterocycles. The van der Waals surface area contributed by atoms with Crippen molar-refractivity contribution in [2.45, 2.75) is 65.5 Å². The number of ether oxygens (including phenoxy) is 1. The van der Waals surface area contributed by atoms with Gasteiger partial charge in [-0.3, -0.25) is 9.59 Å². The van der Waals surface area contributed by atoms with Gasteiger partial charge in [-0.2, -0.15) is 0 Å². The highest BCUT2D eigenvalue weighted by Crippen LogP contribution is 2.31. The number of carbonyl (C=O) groups excluding carboxylic acids is 2. The molecule has 1 unspecified atom stereocenters. The van der Waals surface area contributed by atoms with Crippen LogP contribution in [0.15, 0.2) is 46.9 Å². The molecule has 0 fully saturated rings. The first-order chi connectivity index (χ1) is 15.5. The van der Waals surface area contributed by atoms with Crippen molar-refractivity contribution in [3.8, 4) is 5.75 Å². The van der Waals surface area contributed by atoms with Crippen LogP contribution in [0.25, 0.3) is 0 Å². The van der Waals surface area contributed by atoms with Crippen LogP contribution >= 0.6 is 27.5 Å². The van der Waals surface area contributed by atoms with Crippen molar-refractivity contribution in [3.63, 3.8) is 0 Å². The van der Waals surface area contributed by atoms with Gasteiger partial charge >= 0.3 is 0 Å². The number of hydrogen-bond donors (Lipinski definition) is 1. The highest BCUT2D eigenvalue weighted by Gasteiger charge is 2.27. The van der Waals surface area contributed by atoms with Gasteiger partial charge in [0.1, 0.15) is 11.8 Å². The monoisotopic (exact) mass is 536 g/mol. The standard InChI is InChI=1S/C26H34BrClN2O3/c1-6-7-14-29-25(32)18(2)30(16-19-10-8-9-11-22(19)28)24(31)17-33-23-13-12-20(15-21(23)27)26(3,4)5/h8-13,15,18H,6-7,14,16-17H2,1-5H3,(H,29,32). The molecule has 0 saturated carbocycles. The molecule has 1 N–H and O–H groups in total. The number of unbranched alkanes of at least 4 members (excludes halogenated alkanes) is 1. The summed E-state index contributed by atoms with van der Waals surface area (Å²) >= 11 is 9.88. The number of carbonyl (C=O) groups is 2. The molecule has 7 heteroatoms. The highest BCUT2D eigenvalue weighted by atomic mass is 79.9. The number of nitrogens with one attached hydrogen (secondary N) is 1. The van der Waals surface area contributed by atoms with Gasteiger partial charge in [0.2, 0.25) is 5.91 Å². The second-order valence-corrected chi connectivity index (χ2v) is 10.4. The molecule has 1 atom stereocenters. The summed E-state index contributed by atoms with van der Waals surface area (Å²) in [6, 6.07) is 12.5. The van der Waals surface area contributed by atoms with Gasteiger partial charge in [0.15, 0.2) is 6.61 Å². The van der Waals surface area contributed by atoms with E-state index in [4.69, 9.17) is 16.3 Å². The Morgan fingerprint density at radius 3 is 2.48 bits per heavy atom. The van der Waals surface area contributed by atoms with Crippen LogP contribution in [0.1, 0.15) is 58.6 Å². The number of benzene rings is 2. The fourth-order valence-corrected chi connectivity index (χ4v) is 3.92. The molecule has 0 bridgehead atoms. The Morgan fingerprint density at radius 1 is 1.18 bits per heavy atom. The summed E-state index contributed by atoms with van der Waals surface area (Å²) in [5, 5.41) is 3.46. The van der Waals surface area contributed by atoms with E-state index in [0.717, 1.165) is 28.4 Å². The molecular weight excluding hydrogens is 504 g/mol. The molecule has 2 amide bonds. The minimum absolute atomic E-state index is 0.00316. The van der Waals surface area contributed by atoms with Crippen LogP contribution in [0.5, 0.6) is 5.75 Å². The molecule has 0 aliphatic rings. The Kier molecular flexibility index (Phi) is 10.2. The first-order valence-electron chi connectivity index (χ1n) is 11.3. The fourth-order valence-electron chi connectivity index (χ4n) is 3.24. The molecule has 180 valence electrons. The number of hydrogen-bond acceptors (Lipinski definition) is 3. The maximum Gasteiger partial charge on any atom is 0.261 e. The van der Waals surface area contributed by atoms with Gasteiger partial charge in [-0.25, -0.2) is 0 Å². The molecule has 2 aromatic rings. The Balaban J connectivity index is 2.17. The first kappa shape index (κ1) is 27.2. The van der Waals surface area contributed by atoms with E-state index in [1.165, 1.54) is 4.90 Å². The third-order valence-corrected chi connectivity index (χ3v) is 6.43. The van der Waals surface area contributed by atoms with Gasteiger partial charge in [0.05, 0.1) is 4.47 Å². The summed E-state index contributed by atoms with van der Waals surface area (Å²) in [4.78, 5) is 27.4. The van der Waals surface area contributed by atoms with Gasteiger partial charge in [-0.15, -0.1) is 0 Å². The van der Waals surface area contributed by atoms with Crippen LogP contribution < -0.4 is 10.1 Å². The van der Waals surface area contributed by atoms with Gasteiger partial charge in [-0.05, 0) is 64.0 Å². The number of rotatable bonds is 10. The number of nitrogens with zero attached hydrogens (tertiary/aromatic N) is 1. The maximum absolute atomic E-state index is 13.2. The molecule has 0 heterocycles. The van der Waals surface area contributed by atoms with Gasteiger partial charge in [-0.1, -0.05) is 70.0 Å². The summed E-state index contributed by atoms with van der Waals surface area (Å²) in [5.41, 5.74) is 1.94. The lowest BCUT2D eigenvalue weighted by Gasteiger charge is -2.29. The van der Waals surface area contributed by atoms with E-state index in [1.54, 1.807) is 13.0 Å². The molecular formula is C26H34BrClN2O3. The van der Waals surface area contributed by atoms with Crippen molar-refractivity contribution >= 4 is 39.3 Å². The lowest BCUT2D eigenvalue weighted by Crippen LogP contribution is -2.49. The molecule has 0 aliphatic heterocycles. The SMILES string of the molecule is CCCCNC(=O)C(C)N(Cc1ccccc1Cl)C(=O)COc1ccc(C(C)(C)C)cc1Br. The average molecular weight is 538 g/mol. The van der Waals surface area contributed by atoms with Gasteiger partial charge in [0.25, 0.3) is 5.91 Å². The summed E-state index contributed by atoms with van der Waals surface area (Å²) in [6.07, 6.45) is 1.87. The van der Waals surface area contributed by atoms with Crippen molar-refractivity contribution in [1.82, 2.24) is 10.2 Å². The normalized spacial score (nSPS) is 12.2. The zero-order chi connectivity index (χ0) is 24.6. The molecule has 33 heavy (non-hydrogen) atoms. The van der Waals surface area contributed by atoms with Crippen molar-refractivity contribution < 1.29 is 14.3 Å². The fraction of sp³-hybridized carbons (Fsp3) is 0.462. The van der Waals surface area contributed by atoms with Crippen molar-refractivity contribution in [2.75, 3.05) is 13.2 Å². The van der Waals surface area contributed by atoms with E-state index < -0.39 is 6.04 Å². The topological polar surface area (TPSA) is 58.6 Å². The van der Waals surface area contributed by atoms with Gasteiger partial charge in [0, 0.05) is 18.1 Å². The Labute approximate surface area is 211 Å². The second-order valence-electron chi connectivity index (χ2n) is 9.12. The largest absolute Gasteiger partial charge is 0.483 e. The van der Waals surface area contributed by atoms with E-state index in [1.807, 2.05) is 36.4 Å². The predicted molar refractivity (Wildman–Crippen MR) is 138 cm³/mol. The molecule has 0 spiro atoms. The molecule has 5 nitrogen and oxygen atoms in total. The zero-order valence-corrected chi connectivity index (χ0v) is 22.4. The van der Waals surface area contributed by atoms with Crippen LogP contribution in [0.2, 0.25) is 5.02 Å². The third-order valence-electron chi connectivity index (χ3n) is 5.44. The van der Waals surface area contributed by atoms with Crippen LogP contribution in [-0.4, -0.2) is 35.9 Å². The lowest BCUT2D eigenvalue weighted by molar-refractivity contribution is -0.142. The molecule has 0 aliphatic carbocycles. The Morgan fingerprint density at radius 2 is 1.88 bits per heavy atom. The van der Waals surface area contributed by atoms with Crippen LogP contribution in [0, 0.1) is 0 Å². The van der Waals surface area contributed by atoms with Crippen LogP contribution in [0.4, 0.5) is 0 Å². The Bertz CT molecular complexity index is 959. The highest BCUT2D eigenvalue weighted by molar-refractivity contribution is 9.10. The maximum atomic E-state index is 13.2. The van der Waals surface area contributed by atoms with E-state index in [-0.39, 0.29) is 30.4 Å². The minimum atomic E-state index is -0.666. The first-order valence-corrected chi connectivity index (χ1v) is 12.4. The number of halogens is 2. The van der Waals surface area contributed by atoms with Crippen molar-refractivity contribution in [3.05, 3.63) is 63.1 Å². The predicted octanol–water partition coefficient (Wildman–Crippen LogP) is 6.11. The lowest BCUT2D eigenvalue weighted by atomic mass is 9.87. The third kappa shape index (κ3) is 8.04. The van der Waals surface area contributed by atoms with E-state index in [9.17, 15) is 9.59 Å². The minimum Gasteiger partial charge on any atom is -0.483 e. The quantitative estimate of drug-likeness (QED) is 0.372. The van der Waals surface area contributed by atoms with Crippen molar-refractivity contribution in [2.24, 2.45) is 0 Å². The summed E-state index contributed by atoms with van der Waals surface area (Å²) in [6.45, 7) is 10.8. The van der Waals surface area contributed by atoms with Gasteiger partial charge < -0.3 is 15.0 Å². The average Bonchev–Trinajstić information content (AvgIpc) is 2.76. The summed E-state index contributed by atoms with van der Waals surface area (Å²) in [7, 11) is 0. The molecule has 0 aromatic heterocycles. The van der Waals surface area contributed by atoms with Crippen molar-refractivity contribution in [1.29, 1.82) is 0 Å². The molecule has 2 aromatic carbocycles. The summed E-state index contributed by atoms with van der Waals surface area (Å²) < 4.78 is 6.62. The number of amides is 2. The smallest absolute Gasteiger partial charge is 0.261 e. The molecule has 2 rings (SSSR count). The van der Waals surface area contributed by atoms with E-state index in [0.29, 0.717) is 17.3 Å². The second kappa shape index (κ2) is 12.4. The molecule has 0 radical (unpaired) electrons. The van der Waals surface area contributed by atoms with Crippen LogP contribution in [0.3, 0.4) is 0 Å².